The van der Waals surface area contributed by atoms with Crippen molar-refractivity contribution in [3.05, 3.63) is 70.8 Å². The van der Waals surface area contributed by atoms with Crippen LogP contribution in [0.4, 0.5) is 0 Å². The molecule has 0 aliphatic heterocycles. The summed E-state index contributed by atoms with van der Waals surface area (Å²) in [4.78, 5) is 50.6. The monoisotopic (exact) mass is 276 g/mol. The van der Waals surface area contributed by atoms with Crippen molar-refractivity contribution in [2.24, 2.45) is 5.41 Å². The summed E-state index contributed by atoms with van der Waals surface area (Å²) in [7, 11) is 0. The number of carbonyl (C=O) groups excluding carboxylic acids is 4. The van der Waals surface area contributed by atoms with Crippen LogP contribution in [-0.2, 0) is 0 Å². The van der Waals surface area contributed by atoms with E-state index in [9.17, 15) is 19.2 Å². The average Bonchev–Trinajstić information content (AvgIpc) is 2.89. The van der Waals surface area contributed by atoms with Gasteiger partial charge in [-0.1, -0.05) is 48.5 Å². The van der Waals surface area contributed by atoms with Gasteiger partial charge in [0.25, 0.3) is 0 Å². The van der Waals surface area contributed by atoms with Gasteiger partial charge >= 0.3 is 0 Å². The minimum Gasteiger partial charge on any atom is -0.292 e. The van der Waals surface area contributed by atoms with E-state index in [0.29, 0.717) is 0 Å². The Balaban J connectivity index is 2.04. The zero-order chi connectivity index (χ0) is 14.8. The molecule has 0 bridgehead atoms. The van der Waals surface area contributed by atoms with E-state index in [2.05, 4.69) is 0 Å². The molecule has 0 fully saturated rings. The molecule has 0 saturated heterocycles. The first kappa shape index (κ1) is 11.9. The van der Waals surface area contributed by atoms with Crippen LogP contribution in [0.3, 0.4) is 0 Å². The van der Waals surface area contributed by atoms with Gasteiger partial charge in [-0.25, -0.2) is 0 Å². The van der Waals surface area contributed by atoms with Gasteiger partial charge in [-0.05, 0) is 0 Å². The Morgan fingerprint density at radius 2 is 0.714 bits per heavy atom. The van der Waals surface area contributed by atoms with Gasteiger partial charge in [0.1, 0.15) is 0 Å². The van der Waals surface area contributed by atoms with Crippen LogP contribution >= 0.6 is 0 Å². The molecule has 0 amide bonds. The highest BCUT2D eigenvalue weighted by molar-refractivity contribution is 6.56. The first-order valence-electron chi connectivity index (χ1n) is 6.47. The SMILES string of the molecule is O=C1c2ccccc2C(=O)C12C(=O)c1ccccc1C2=O. The molecule has 0 N–H and O–H groups in total. The fourth-order valence-corrected chi connectivity index (χ4v) is 3.18. The lowest BCUT2D eigenvalue weighted by Crippen LogP contribution is -2.44. The maximum Gasteiger partial charge on any atom is 0.221 e. The third-order valence-corrected chi connectivity index (χ3v) is 4.20. The lowest BCUT2D eigenvalue weighted by molar-refractivity contribution is 0.0587. The molecular weight excluding hydrogens is 268 g/mol. The molecule has 0 aromatic heterocycles. The predicted molar refractivity (Wildman–Crippen MR) is 72.6 cm³/mol. The van der Waals surface area contributed by atoms with Gasteiger partial charge in [0, 0.05) is 22.3 Å². The van der Waals surface area contributed by atoms with E-state index in [-0.39, 0.29) is 22.3 Å². The molecule has 0 radical (unpaired) electrons. The van der Waals surface area contributed by atoms with Gasteiger partial charge in [-0.2, -0.15) is 0 Å². The normalized spacial score (nSPS) is 18.3. The van der Waals surface area contributed by atoms with E-state index < -0.39 is 28.5 Å². The highest BCUT2D eigenvalue weighted by Gasteiger charge is 2.67. The standard InChI is InChI=1S/C17H8O4/c18-13-9-5-1-2-6-10(9)14(19)17(13)15(20)11-7-3-4-8-12(11)16(17)21/h1-8H. The first-order valence-corrected chi connectivity index (χ1v) is 6.47. The number of fused-ring (bicyclic) bond motifs is 2. The fraction of sp³-hybridized carbons (Fsp3) is 0.0588. The van der Waals surface area contributed by atoms with Gasteiger partial charge < -0.3 is 0 Å². The zero-order valence-corrected chi connectivity index (χ0v) is 10.8. The summed E-state index contributed by atoms with van der Waals surface area (Å²) in [6.45, 7) is 0. The maximum absolute atomic E-state index is 12.7. The van der Waals surface area contributed by atoms with E-state index in [4.69, 9.17) is 0 Å². The molecule has 0 unspecified atom stereocenters. The number of hydrogen-bond acceptors (Lipinski definition) is 4. The minimum atomic E-state index is -2.21. The minimum absolute atomic E-state index is 0.150. The van der Waals surface area contributed by atoms with Crippen molar-refractivity contribution in [2.45, 2.75) is 0 Å². The van der Waals surface area contributed by atoms with Crippen molar-refractivity contribution < 1.29 is 19.2 Å². The van der Waals surface area contributed by atoms with E-state index in [1.165, 1.54) is 24.3 Å². The van der Waals surface area contributed by atoms with Crippen LogP contribution in [-0.4, -0.2) is 23.1 Å². The smallest absolute Gasteiger partial charge is 0.221 e. The number of hydrogen-bond donors (Lipinski definition) is 0. The summed E-state index contributed by atoms with van der Waals surface area (Å²) >= 11 is 0. The summed E-state index contributed by atoms with van der Waals surface area (Å²) in [5.41, 5.74) is -1.61. The predicted octanol–water partition coefficient (Wildman–Crippen LogP) is 2.13. The molecule has 100 valence electrons. The van der Waals surface area contributed by atoms with Crippen LogP contribution in [0.5, 0.6) is 0 Å². The van der Waals surface area contributed by atoms with E-state index >= 15 is 0 Å². The van der Waals surface area contributed by atoms with Crippen LogP contribution in [0.25, 0.3) is 0 Å². The molecule has 0 heterocycles. The Labute approximate surface area is 119 Å². The van der Waals surface area contributed by atoms with Crippen molar-refractivity contribution in [1.82, 2.24) is 0 Å². The molecule has 4 heteroatoms. The number of rotatable bonds is 0. The largest absolute Gasteiger partial charge is 0.292 e. The fourth-order valence-electron chi connectivity index (χ4n) is 3.18. The summed E-state index contributed by atoms with van der Waals surface area (Å²) in [5.74, 6) is -2.80. The topological polar surface area (TPSA) is 68.3 Å². The van der Waals surface area contributed by atoms with Gasteiger partial charge in [0.2, 0.25) is 5.41 Å². The Morgan fingerprint density at radius 3 is 0.952 bits per heavy atom. The lowest BCUT2D eigenvalue weighted by Gasteiger charge is -2.14. The lowest BCUT2D eigenvalue weighted by atomic mass is 9.78. The second-order valence-corrected chi connectivity index (χ2v) is 5.16. The van der Waals surface area contributed by atoms with Crippen LogP contribution in [0.1, 0.15) is 41.4 Å². The molecule has 4 rings (SSSR count). The number of Topliss-reactive ketones (excluding diaryl/α,β-unsaturated/α-hetero) is 4. The molecule has 4 nitrogen and oxygen atoms in total. The molecule has 2 aliphatic rings. The average molecular weight is 276 g/mol. The summed E-state index contributed by atoms with van der Waals surface area (Å²) < 4.78 is 0. The molecule has 0 atom stereocenters. The number of carbonyl (C=O) groups is 4. The number of benzene rings is 2. The van der Waals surface area contributed by atoms with Gasteiger partial charge in [-0.15, -0.1) is 0 Å². The molecule has 2 aromatic rings. The third kappa shape index (κ3) is 1.12. The zero-order valence-electron chi connectivity index (χ0n) is 10.8. The van der Waals surface area contributed by atoms with Crippen LogP contribution in [0.15, 0.2) is 48.5 Å². The molecular formula is C17H8O4. The van der Waals surface area contributed by atoms with Gasteiger partial charge in [0.05, 0.1) is 0 Å². The quantitative estimate of drug-likeness (QED) is 0.691. The first-order chi connectivity index (χ1) is 10.1. The Hall–Kier alpha value is -2.88. The Kier molecular flexibility index (Phi) is 2.04. The van der Waals surface area contributed by atoms with Crippen LogP contribution in [0.2, 0.25) is 0 Å². The summed E-state index contributed by atoms with van der Waals surface area (Å²) in [5, 5.41) is 0. The van der Waals surface area contributed by atoms with Crippen molar-refractivity contribution in [1.29, 1.82) is 0 Å². The molecule has 2 aliphatic carbocycles. The molecule has 2 aromatic carbocycles. The third-order valence-electron chi connectivity index (χ3n) is 4.20. The maximum atomic E-state index is 12.7. The second-order valence-electron chi connectivity index (χ2n) is 5.16. The van der Waals surface area contributed by atoms with Crippen molar-refractivity contribution in [3.8, 4) is 0 Å². The molecule has 1 spiro atoms. The van der Waals surface area contributed by atoms with Gasteiger partial charge in [0.15, 0.2) is 23.1 Å². The van der Waals surface area contributed by atoms with Crippen molar-refractivity contribution >= 4 is 23.1 Å². The van der Waals surface area contributed by atoms with E-state index in [0.717, 1.165) is 0 Å². The highest BCUT2D eigenvalue weighted by Crippen LogP contribution is 2.46. The van der Waals surface area contributed by atoms with Crippen molar-refractivity contribution in [2.75, 3.05) is 0 Å². The van der Waals surface area contributed by atoms with Crippen LogP contribution in [0, 0.1) is 5.41 Å². The molecule has 21 heavy (non-hydrogen) atoms. The van der Waals surface area contributed by atoms with Crippen molar-refractivity contribution in [3.63, 3.8) is 0 Å². The molecule has 0 saturated carbocycles. The van der Waals surface area contributed by atoms with Crippen LogP contribution < -0.4 is 0 Å². The Morgan fingerprint density at radius 1 is 0.476 bits per heavy atom. The van der Waals surface area contributed by atoms with E-state index in [1.807, 2.05) is 0 Å². The second kappa shape index (κ2) is 3.61. The summed E-state index contributed by atoms with van der Waals surface area (Å²) in [6.07, 6.45) is 0. The summed E-state index contributed by atoms with van der Waals surface area (Å²) in [6, 6.07) is 12.4. The van der Waals surface area contributed by atoms with E-state index in [1.54, 1.807) is 24.3 Å². The van der Waals surface area contributed by atoms with Gasteiger partial charge in [-0.3, -0.25) is 19.2 Å². The highest BCUT2D eigenvalue weighted by atomic mass is 16.2. The Bertz CT molecular complexity index is 729. The number of ketones is 4.